The first-order valence-electron chi connectivity index (χ1n) is 8.94. The van der Waals surface area contributed by atoms with Crippen LogP contribution in [-0.4, -0.2) is 12.8 Å². The number of fused-ring (bicyclic) bond motifs is 1. The Bertz CT molecular complexity index is 923. The summed E-state index contributed by atoms with van der Waals surface area (Å²) in [6, 6.07) is 23.9. The second-order valence-electron chi connectivity index (χ2n) is 6.52. The molecule has 4 rings (SSSR count). The van der Waals surface area contributed by atoms with Crippen molar-refractivity contribution < 1.29 is 9.45 Å². The van der Waals surface area contributed by atoms with Crippen molar-refractivity contribution in [1.82, 2.24) is 0 Å². The highest BCUT2D eigenvalue weighted by Gasteiger charge is 2.30. The Morgan fingerprint density at radius 1 is 1.04 bits per heavy atom. The summed E-state index contributed by atoms with van der Waals surface area (Å²) in [6.45, 7) is 2.62. The number of hydrogen-bond donors (Lipinski definition) is 1. The van der Waals surface area contributed by atoms with E-state index in [1.54, 1.807) is 0 Å². The predicted octanol–water partition coefficient (Wildman–Crippen LogP) is 3.14. The lowest BCUT2D eigenvalue weighted by Crippen LogP contribution is -2.41. The van der Waals surface area contributed by atoms with Crippen LogP contribution in [0.3, 0.4) is 0 Å². The second-order valence-corrected chi connectivity index (χ2v) is 6.52. The van der Waals surface area contributed by atoms with Gasteiger partial charge in [-0.2, -0.15) is 0 Å². The van der Waals surface area contributed by atoms with Crippen LogP contribution < -0.4 is 16.2 Å². The number of carbonyl (C=O) groups excluding carboxylic acids is 1. The van der Waals surface area contributed by atoms with E-state index in [1.807, 2.05) is 60.7 Å². The molecule has 0 aliphatic carbocycles. The Morgan fingerprint density at radius 2 is 1.81 bits per heavy atom. The standard InChI is InChI=1S/C22H20BNO2/c1-2-16-8-10-17(11-9-16)22(25)24-20-13-12-18-15-26-23(21(18)14-20)19-6-4-3-5-7-19/h3-14H,2,15H2,1H3,(H,24,25). The molecule has 1 aliphatic rings. The molecule has 128 valence electrons. The Kier molecular flexibility index (Phi) is 4.59. The predicted molar refractivity (Wildman–Crippen MR) is 106 cm³/mol. The maximum absolute atomic E-state index is 12.5. The van der Waals surface area contributed by atoms with Crippen LogP contribution in [0.1, 0.15) is 28.4 Å². The van der Waals surface area contributed by atoms with Crippen LogP contribution in [-0.2, 0) is 17.7 Å². The van der Waals surface area contributed by atoms with E-state index >= 15 is 0 Å². The molecule has 0 saturated carbocycles. The summed E-state index contributed by atoms with van der Waals surface area (Å²) in [4.78, 5) is 12.5. The molecule has 0 atom stereocenters. The summed E-state index contributed by atoms with van der Waals surface area (Å²) < 4.78 is 5.97. The summed E-state index contributed by atoms with van der Waals surface area (Å²) in [5.74, 6) is -0.0946. The van der Waals surface area contributed by atoms with Gasteiger partial charge in [0, 0.05) is 11.3 Å². The smallest absolute Gasteiger partial charge is 0.362 e. The van der Waals surface area contributed by atoms with Crippen molar-refractivity contribution in [2.45, 2.75) is 20.0 Å². The van der Waals surface area contributed by atoms with Crippen molar-refractivity contribution in [3.05, 3.63) is 89.5 Å². The van der Waals surface area contributed by atoms with E-state index in [1.165, 1.54) is 11.1 Å². The molecule has 1 aliphatic heterocycles. The molecule has 0 radical (unpaired) electrons. The summed E-state index contributed by atoms with van der Waals surface area (Å²) in [5, 5.41) is 3.00. The molecule has 0 aromatic heterocycles. The second kappa shape index (κ2) is 7.18. The highest BCUT2D eigenvalue weighted by Crippen LogP contribution is 2.17. The number of benzene rings is 3. The van der Waals surface area contributed by atoms with Crippen LogP contribution in [0.15, 0.2) is 72.8 Å². The minimum absolute atomic E-state index is 0.0770. The van der Waals surface area contributed by atoms with Crippen LogP contribution >= 0.6 is 0 Å². The van der Waals surface area contributed by atoms with Crippen LogP contribution in [0.2, 0.25) is 0 Å². The molecule has 1 heterocycles. The number of hydrogen-bond acceptors (Lipinski definition) is 2. The Labute approximate surface area is 154 Å². The molecule has 0 fully saturated rings. The normalized spacial score (nSPS) is 12.7. The molecule has 3 aromatic rings. The lowest BCUT2D eigenvalue weighted by molar-refractivity contribution is 0.102. The molecular formula is C22H20BNO2. The van der Waals surface area contributed by atoms with Gasteiger partial charge in [-0.3, -0.25) is 4.79 Å². The van der Waals surface area contributed by atoms with Crippen LogP contribution in [0.5, 0.6) is 0 Å². The molecule has 0 bridgehead atoms. The van der Waals surface area contributed by atoms with E-state index in [9.17, 15) is 4.79 Å². The van der Waals surface area contributed by atoms with E-state index < -0.39 is 0 Å². The van der Waals surface area contributed by atoms with Crippen molar-refractivity contribution in [3.8, 4) is 0 Å². The van der Waals surface area contributed by atoms with E-state index in [0.29, 0.717) is 12.2 Å². The molecule has 26 heavy (non-hydrogen) atoms. The van der Waals surface area contributed by atoms with Gasteiger partial charge in [0.15, 0.2) is 0 Å². The van der Waals surface area contributed by atoms with Crippen LogP contribution in [0, 0.1) is 0 Å². The zero-order valence-electron chi connectivity index (χ0n) is 14.7. The molecular weight excluding hydrogens is 321 g/mol. The number of aryl methyl sites for hydroxylation is 1. The zero-order valence-corrected chi connectivity index (χ0v) is 14.7. The molecule has 3 aromatic carbocycles. The topological polar surface area (TPSA) is 38.3 Å². The van der Waals surface area contributed by atoms with Gasteiger partial charge in [-0.15, -0.1) is 0 Å². The zero-order chi connectivity index (χ0) is 17.9. The van der Waals surface area contributed by atoms with Gasteiger partial charge in [-0.25, -0.2) is 0 Å². The Hall–Kier alpha value is -2.85. The largest absolute Gasteiger partial charge is 0.423 e. The fourth-order valence-corrected chi connectivity index (χ4v) is 3.31. The third-order valence-electron chi connectivity index (χ3n) is 4.82. The average Bonchev–Trinajstić information content (AvgIpc) is 3.12. The highest BCUT2D eigenvalue weighted by atomic mass is 16.4. The summed E-state index contributed by atoms with van der Waals surface area (Å²) >= 11 is 0. The number of nitrogens with one attached hydrogen (secondary N) is 1. The van der Waals surface area contributed by atoms with Gasteiger partial charge in [-0.1, -0.05) is 55.5 Å². The maximum atomic E-state index is 12.5. The SMILES string of the molecule is CCc1ccc(C(=O)Nc2ccc3c(c2)B(c2ccccc2)OC3)cc1. The third kappa shape index (κ3) is 3.28. The fraction of sp³-hybridized carbons (Fsp3) is 0.136. The number of anilines is 1. The number of carbonyl (C=O) groups is 1. The summed E-state index contributed by atoms with van der Waals surface area (Å²) in [7, 11) is 0. The minimum Gasteiger partial charge on any atom is -0.423 e. The van der Waals surface area contributed by atoms with Crippen molar-refractivity contribution >= 4 is 29.4 Å². The van der Waals surface area contributed by atoms with E-state index in [0.717, 1.165) is 23.0 Å². The molecule has 0 saturated heterocycles. The Morgan fingerprint density at radius 3 is 2.54 bits per heavy atom. The lowest BCUT2D eigenvalue weighted by atomic mass is 9.56. The Balaban J connectivity index is 1.56. The van der Waals surface area contributed by atoms with Gasteiger partial charge in [0.05, 0.1) is 6.61 Å². The van der Waals surface area contributed by atoms with Crippen LogP contribution in [0.4, 0.5) is 5.69 Å². The van der Waals surface area contributed by atoms with E-state index in [-0.39, 0.29) is 12.8 Å². The molecule has 1 amide bonds. The quantitative estimate of drug-likeness (QED) is 0.741. The fourth-order valence-electron chi connectivity index (χ4n) is 3.31. The molecule has 0 spiro atoms. The first-order valence-corrected chi connectivity index (χ1v) is 8.94. The first kappa shape index (κ1) is 16.6. The van der Waals surface area contributed by atoms with Gasteiger partial charge in [0.1, 0.15) is 0 Å². The van der Waals surface area contributed by atoms with Gasteiger partial charge >= 0.3 is 6.92 Å². The van der Waals surface area contributed by atoms with E-state index in [2.05, 4.69) is 24.4 Å². The molecule has 0 unspecified atom stereocenters. The van der Waals surface area contributed by atoms with Crippen molar-refractivity contribution in [2.75, 3.05) is 5.32 Å². The number of rotatable bonds is 4. The van der Waals surface area contributed by atoms with Crippen molar-refractivity contribution in [2.24, 2.45) is 0 Å². The lowest BCUT2D eigenvalue weighted by Gasteiger charge is -2.10. The molecule has 3 nitrogen and oxygen atoms in total. The third-order valence-corrected chi connectivity index (χ3v) is 4.82. The monoisotopic (exact) mass is 341 g/mol. The van der Waals surface area contributed by atoms with Gasteiger partial charge < -0.3 is 9.97 Å². The first-order chi connectivity index (χ1) is 12.7. The summed E-state index contributed by atoms with van der Waals surface area (Å²) in [5.41, 5.74) is 6.10. The van der Waals surface area contributed by atoms with Crippen molar-refractivity contribution in [1.29, 1.82) is 0 Å². The van der Waals surface area contributed by atoms with Crippen LogP contribution in [0.25, 0.3) is 0 Å². The van der Waals surface area contributed by atoms with Gasteiger partial charge in [0.25, 0.3) is 5.91 Å². The number of amides is 1. The minimum atomic E-state index is -0.0946. The average molecular weight is 341 g/mol. The van der Waals surface area contributed by atoms with Gasteiger partial charge in [-0.05, 0) is 52.7 Å². The van der Waals surface area contributed by atoms with Crippen molar-refractivity contribution in [3.63, 3.8) is 0 Å². The molecule has 4 heteroatoms. The summed E-state index contributed by atoms with van der Waals surface area (Å²) in [6.07, 6.45) is 0.966. The maximum Gasteiger partial charge on any atom is 0.362 e. The van der Waals surface area contributed by atoms with E-state index in [4.69, 9.17) is 4.65 Å². The van der Waals surface area contributed by atoms with Gasteiger partial charge in [0.2, 0.25) is 0 Å². The molecule has 1 N–H and O–H groups in total. The highest BCUT2D eigenvalue weighted by molar-refractivity contribution is 6.81.